The van der Waals surface area contributed by atoms with Gasteiger partial charge in [0.2, 0.25) is 0 Å². The number of piperidine rings is 1. The minimum atomic E-state index is 0.612. The molecule has 2 unspecified atom stereocenters. The summed E-state index contributed by atoms with van der Waals surface area (Å²) in [6.07, 6.45) is 1.20. The molecule has 3 heteroatoms. The molecule has 17 heavy (non-hydrogen) atoms. The first kappa shape index (κ1) is 12.4. The van der Waals surface area contributed by atoms with Gasteiger partial charge in [0.15, 0.2) is 0 Å². The van der Waals surface area contributed by atoms with Crippen LogP contribution in [-0.2, 0) is 6.54 Å². The molecular weight excluding hydrogens is 212 g/mol. The Hall–Kier alpha value is -1.06. The molecule has 0 amide bonds. The summed E-state index contributed by atoms with van der Waals surface area (Å²) in [7, 11) is 1.73. The molecule has 0 saturated carbocycles. The van der Waals surface area contributed by atoms with Crippen LogP contribution in [0, 0.1) is 5.92 Å². The van der Waals surface area contributed by atoms with Gasteiger partial charge in [0, 0.05) is 18.2 Å². The first-order chi connectivity index (χ1) is 8.31. The van der Waals surface area contributed by atoms with E-state index in [1.54, 1.807) is 7.11 Å². The monoisotopic (exact) mass is 234 g/mol. The Balaban J connectivity index is 1.92. The van der Waals surface area contributed by atoms with Gasteiger partial charge in [-0.2, -0.15) is 0 Å². The van der Waals surface area contributed by atoms with Crippen LogP contribution in [0.4, 0.5) is 0 Å². The van der Waals surface area contributed by atoms with E-state index in [2.05, 4.69) is 29.7 Å². The highest BCUT2D eigenvalue weighted by Gasteiger charge is 2.20. The molecule has 0 spiro atoms. The minimum Gasteiger partial charge on any atom is -0.496 e. The highest BCUT2D eigenvalue weighted by molar-refractivity contribution is 5.33. The van der Waals surface area contributed by atoms with Gasteiger partial charge in [-0.05, 0) is 31.5 Å². The van der Waals surface area contributed by atoms with E-state index in [4.69, 9.17) is 4.74 Å². The third kappa shape index (κ3) is 3.20. The molecule has 1 aliphatic rings. The van der Waals surface area contributed by atoms with Gasteiger partial charge in [0.25, 0.3) is 0 Å². The van der Waals surface area contributed by atoms with E-state index in [-0.39, 0.29) is 0 Å². The second kappa shape index (κ2) is 6.03. The maximum atomic E-state index is 5.36. The fourth-order valence-corrected chi connectivity index (χ4v) is 2.41. The van der Waals surface area contributed by atoms with Gasteiger partial charge in [-0.1, -0.05) is 25.1 Å². The lowest BCUT2D eigenvalue weighted by Crippen LogP contribution is -2.46. The lowest BCUT2D eigenvalue weighted by atomic mass is 9.95. The smallest absolute Gasteiger partial charge is 0.123 e. The predicted octanol–water partition coefficient (Wildman–Crippen LogP) is 1.78. The van der Waals surface area contributed by atoms with Crippen LogP contribution in [0.2, 0.25) is 0 Å². The van der Waals surface area contributed by atoms with Crippen molar-refractivity contribution >= 4 is 0 Å². The van der Waals surface area contributed by atoms with Gasteiger partial charge in [-0.15, -0.1) is 0 Å². The van der Waals surface area contributed by atoms with Crippen LogP contribution < -0.4 is 15.4 Å². The molecule has 1 aromatic carbocycles. The molecule has 2 N–H and O–H groups in total. The Morgan fingerprint density at radius 3 is 3.00 bits per heavy atom. The highest BCUT2D eigenvalue weighted by Crippen LogP contribution is 2.18. The van der Waals surface area contributed by atoms with Crippen molar-refractivity contribution in [2.75, 3.05) is 20.2 Å². The zero-order chi connectivity index (χ0) is 12.1. The molecule has 2 rings (SSSR count). The number of nitrogens with one attached hydrogen (secondary N) is 2. The topological polar surface area (TPSA) is 33.3 Å². The van der Waals surface area contributed by atoms with Crippen LogP contribution in [0.5, 0.6) is 5.75 Å². The number of ether oxygens (including phenoxy) is 1. The van der Waals surface area contributed by atoms with Crippen molar-refractivity contribution in [1.82, 2.24) is 10.6 Å². The maximum absolute atomic E-state index is 5.36. The quantitative estimate of drug-likeness (QED) is 0.833. The molecule has 0 bridgehead atoms. The average Bonchev–Trinajstić information content (AvgIpc) is 2.38. The Bertz CT molecular complexity index is 354. The fourth-order valence-electron chi connectivity index (χ4n) is 2.41. The van der Waals surface area contributed by atoms with E-state index in [0.29, 0.717) is 12.0 Å². The van der Waals surface area contributed by atoms with Crippen molar-refractivity contribution in [2.45, 2.75) is 25.9 Å². The first-order valence-corrected chi connectivity index (χ1v) is 6.37. The summed E-state index contributed by atoms with van der Waals surface area (Å²) in [5.41, 5.74) is 1.24. The van der Waals surface area contributed by atoms with Gasteiger partial charge in [-0.25, -0.2) is 0 Å². The second-order valence-electron chi connectivity index (χ2n) is 4.77. The van der Waals surface area contributed by atoms with E-state index >= 15 is 0 Å². The van der Waals surface area contributed by atoms with Gasteiger partial charge >= 0.3 is 0 Å². The van der Waals surface area contributed by atoms with E-state index < -0.39 is 0 Å². The van der Waals surface area contributed by atoms with Crippen molar-refractivity contribution in [3.05, 3.63) is 29.8 Å². The summed E-state index contributed by atoms with van der Waals surface area (Å²) in [5, 5.41) is 7.06. The lowest BCUT2D eigenvalue weighted by molar-refractivity contribution is 0.294. The molecule has 3 nitrogen and oxygen atoms in total. The number of rotatable bonds is 4. The SMILES string of the molecule is COc1ccccc1CNC1CCNCC1C. The Kier molecular flexibility index (Phi) is 4.40. The zero-order valence-electron chi connectivity index (χ0n) is 10.7. The third-order valence-electron chi connectivity index (χ3n) is 3.53. The molecule has 0 radical (unpaired) electrons. The van der Waals surface area contributed by atoms with E-state index in [9.17, 15) is 0 Å². The van der Waals surface area contributed by atoms with Gasteiger partial charge in [-0.3, -0.25) is 0 Å². The van der Waals surface area contributed by atoms with Gasteiger partial charge < -0.3 is 15.4 Å². The minimum absolute atomic E-state index is 0.612. The summed E-state index contributed by atoms with van der Waals surface area (Å²) in [5.74, 6) is 1.67. The van der Waals surface area contributed by atoms with Crippen LogP contribution in [0.25, 0.3) is 0 Å². The largest absolute Gasteiger partial charge is 0.496 e. The zero-order valence-corrected chi connectivity index (χ0v) is 10.7. The predicted molar refractivity (Wildman–Crippen MR) is 70.3 cm³/mol. The second-order valence-corrected chi connectivity index (χ2v) is 4.77. The van der Waals surface area contributed by atoms with Crippen molar-refractivity contribution < 1.29 is 4.74 Å². The molecule has 94 valence electrons. The molecule has 2 atom stereocenters. The molecular formula is C14H22N2O. The standard InChI is InChI=1S/C14H22N2O/c1-11-9-15-8-7-13(11)16-10-12-5-3-4-6-14(12)17-2/h3-6,11,13,15-16H,7-10H2,1-2H3. The number of hydrogen-bond donors (Lipinski definition) is 2. The lowest BCUT2D eigenvalue weighted by Gasteiger charge is -2.30. The highest BCUT2D eigenvalue weighted by atomic mass is 16.5. The van der Waals surface area contributed by atoms with Crippen LogP contribution in [0.15, 0.2) is 24.3 Å². The third-order valence-corrected chi connectivity index (χ3v) is 3.53. The van der Waals surface area contributed by atoms with Crippen molar-refractivity contribution in [3.63, 3.8) is 0 Å². The molecule has 1 saturated heterocycles. The summed E-state index contributed by atoms with van der Waals surface area (Å²) >= 11 is 0. The molecule has 0 aliphatic carbocycles. The van der Waals surface area contributed by atoms with Crippen LogP contribution in [0.1, 0.15) is 18.9 Å². The number of hydrogen-bond acceptors (Lipinski definition) is 3. The van der Waals surface area contributed by atoms with Crippen LogP contribution in [-0.4, -0.2) is 26.2 Å². The van der Waals surface area contributed by atoms with Gasteiger partial charge in [0.1, 0.15) is 5.75 Å². The molecule has 1 aromatic rings. The van der Waals surface area contributed by atoms with Crippen molar-refractivity contribution in [2.24, 2.45) is 5.92 Å². The maximum Gasteiger partial charge on any atom is 0.123 e. The Morgan fingerprint density at radius 2 is 2.24 bits per heavy atom. The number of para-hydroxylation sites is 1. The van der Waals surface area contributed by atoms with Gasteiger partial charge in [0.05, 0.1) is 7.11 Å². The number of methoxy groups -OCH3 is 1. The Morgan fingerprint density at radius 1 is 1.41 bits per heavy atom. The summed E-state index contributed by atoms with van der Waals surface area (Å²) < 4.78 is 5.36. The number of benzene rings is 1. The van der Waals surface area contributed by atoms with Crippen LogP contribution >= 0.6 is 0 Å². The van der Waals surface area contributed by atoms with Crippen molar-refractivity contribution in [1.29, 1.82) is 0 Å². The summed E-state index contributed by atoms with van der Waals surface area (Å²) in [6.45, 7) is 5.42. The molecule has 1 aliphatic heterocycles. The molecule has 1 fully saturated rings. The van der Waals surface area contributed by atoms with E-state index in [1.165, 1.54) is 12.0 Å². The van der Waals surface area contributed by atoms with Crippen LogP contribution in [0.3, 0.4) is 0 Å². The van der Waals surface area contributed by atoms with E-state index in [0.717, 1.165) is 25.4 Å². The Labute approximate surface area is 104 Å². The normalized spacial score (nSPS) is 24.6. The molecule has 0 aromatic heterocycles. The first-order valence-electron chi connectivity index (χ1n) is 6.37. The van der Waals surface area contributed by atoms with Crippen molar-refractivity contribution in [3.8, 4) is 5.75 Å². The summed E-state index contributed by atoms with van der Waals surface area (Å²) in [4.78, 5) is 0. The average molecular weight is 234 g/mol. The fraction of sp³-hybridized carbons (Fsp3) is 0.571. The van der Waals surface area contributed by atoms with E-state index in [1.807, 2.05) is 12.1 Å². The summed E-state index contributed by atoms with van der Waals surface area (Å²) in [6, 6.07) is 8.82. The molecule has 1 heterocycles.